The first-order valence-corrected chi connectivity index (χ1v) is 9.38. The molecule has 1 fully saturated rings. The van der Waals surface area contributed by atoms with Crippen LogP contribution in [0.4, 0.5) is 19.1 Å². The summed E-state index contributed by atoms with van der Waals surface area (Å²) >= 11 is 0. The average Bonchev–Trinajstić information content (AvgIpc) is 3.19. The van der Waals surface area contributed by atoms with Crippen LogP contribution in [-0.2, 0) is 4.74 Å². The third-order valence-electron chi connectivity index (χ3n) is 4.91. The van der Waals surface area contributed by atoms with E-state index in [4.69, 9.17) is 4.74 Å². The zero-order valence-electron chi connectivity index (χ0n) is 15.6. The Morgan fingerprint density at radius 2 is 1.86 bits per heavy atom. The van der Waals surface area contributed by atoms with Crippen molar-refractivity contribution in [3.8, 4) is 22.6 Å². The van der Waals surface area contributed by atoms with E-state index in [1.165, 1.54) is 30.5 Å². The van der Waals surface area contributed by atoms with E-state index >= 15 is 0 Å². The molecule has 3 aromatic rings. The number of rotatable bonds is 6. The van der Waals surface area contributed by atoms with E-state index in [1.54, 1.807) is 6.07 Å². The highest BCUT2D eigenvalue weighted by atomic mass is 19.3. The Labute approximate surface area is 165 Å². The predicted molar refractivity (Wildman–Crippen MR) is 102 cm³/mol. The van der Waals surface area contributed by atoms with Crippen LogP contribution in [0, 0.1) is 11.7 Å². The Bertz CT molecular complexity index is 955. The van der Waals surface area contributed by atoms with Gasteiger partial charge in [-0.05, 0) is 49.1 Å². The molecular weight excluding hydrogens is 383 g/mol. The molecule has 6 nitrogen and oxygen atoms in total. The van der Waals surface area contributed by atoms with Gasteiger partial charge in [0, 0.05) is 31.5 Å². The van der Waals surface area contributed by atoms with E-state index in [0.717, 1.165) is 36.9 Å². The molecule has 2 aromatic heterocycles. The highest BCUT2D eigenvalue weighted by molar-refractivity contribution is 5.77. The normalized spacial score (nSPS) is 15.0. The first-order chi connectivity index (χ1) is 14.1. The van der Waals surface area contributed by atoms with Gasteiger partial charge < -0.3 is 10.1 Å². The number of alkyl halides is 2. The Kier molecular flexibility index (Phi) is 5.75. The molecule has 29 heavy (non-hydrogen) atoms. The molecule has 0 amide bonds. The lowest BCUT2D eigenvalue weighted by molar-refractivity contribution is 0.0699. The highest BCUT2D eigenvalue weighted by Crippen LogP contribution is 2.33. The van der Waals surface area contributed by atoms with Gasteiger partial charge >= 0.3 is 6.55 Å². The quantitative estimate of drug-likeness (QED) is 0.662. The van der Waals surface area contributed by atoms with Crippen molar-refractivity contribution in [1.29, 1.82) is 0 Å². The molecule has 0 bridgehead atoms. The van der Waals surface area contributed by atoms with Gasteiger partial charge in [0.25, 0.3) is 0 Å². The summed E-state index contributed by atoms with van der Waals surface area (Å²) in [6.45, 7) is -0.629. The molecule has 0 aliphatic carbocycles. The third-order valence-corrected chi connectivity index (χ3v) is 4.91. The summed E-state index contributed by atoms with van der Waals surface area (Å²) in [6.07, 6.45) is 4.50. The molecule has 1 saturated heterocycles. The standard InChI is InChI=1S/C20H20F3N5O/c21-15-3-1-14(2-4-15)17-18(28(12-26-17)19(22)23)16-5-8-24-20(27-16)25-11-13-6-9-29-10-7-13/h1-5,8,12-13,19H,6-7,9-11H2,(H,24,25,27). The molecule has 0 atom stereocenters. The molecule has 3 heterocycles. The fourth-order valence-corrected chi connectivity index (χ4v) is 3.34. The van der Waals surface area contributed by atoms with Crippen molar-refractivity contribution in [2.45, 2.75) is 19.4 Å². The average molecular weight is 403 g/mol. The maximum absolute atomic E-state index is 13.6. The molecule has 0 unspecified atom stereocenters. The van der Waals surface area contributed by atoms with Crippen LogP contribution in [0.2, 0.25) is 0 Å². The second-order valence-corrected chi connectivity index (χ2v) is 6.84. The van der Waals surface area contributed by atoms with Crippen LogP contribution < -0.4 is 5.32 Å². The lowest BCUT2D eigenvalue weighted by Gasteiger charge is -2.22. The van der Waals surface area contributed by atoms with Crippen LogP contribution in [0.3, 0.4) is 0 Å². The summed E-state index contributed by atoms with van der Waals surface area (Å²) in [5.74, 6) is 0.406. The van der Waals surface area contributed by atoms with Crippen molar-refractivity contribution in [3.63, 3.8) is 0 Å². The summed E-state index contributed by atoms with van der Waals surface area (Å²) in [7, 11) is 0. The first-order valence-electron chi connectivity index (χ1n) is 9.38. The van der Waals surface area contributed by atoms with E-state index in [9.17, 15) is 13.2 Å². The Balaban J connectivity index is 1.64. The van der Waals surface area contributed by atoms with E-state index in [0.29, 0.717) is 35.4 Å². The number of imidazole rings is 1. The molecule has 1 aliphatic heterocycles. The topological polar surface area (TPSA) is 64.9 Å². The number of hydrogen-bond acceptors (Lipinski definition) is 5. The van der Waals surface area contributed by atoms with Crippen molar-refractivity contribution >= 4 is 5.95 Å². The van der Waals surface area contributed by atoms with E-state index in [-0.39, 0.29) is 5.69 Å². The van der Waals surface area contributed by atoms with Crippen LogP contribution in [0.25, 0.3) is 22.6 Å². The van der Waals surface area contributed by atoms with E-state index in [2.05, 4.69) is 20.3 Å². The molecule has 9 heteroatoms. The van der Waals surface area contributed by atoms with Crippen molar-refractivity contribution in [3.05, 3.63) is 48.7 Å². The second kappa shape index (κ2) is 8.60. The van der Waals surface area contributed by atoms with Gasteiger partial charge in [0.05, 0.1) is 17.1 Å². The first kappa shape index (κ1) is 19.4. The minimum absolute atomic E-state index is 0.156. The van der Waals surface area contributed by atoms with Crippen molar-refractivity contribution < 1.29 is 17.9 Å². The maximum Gasteiger partial charge on any atom is 0.320 e. The van der Waals surface area contributed by atoms with Gasteiger partial charge in [-0.3, -0.25) is 4.57 Å². The summed E-state index contributed by atoms with van der Waals surface area (Å²) in [5.41, 5.74) is 1.30. The number of hydrogen-bond donors (Lipinski definition) is 1. The Morgan fingerprint density at radius 1 is 1.10 bits per heavy atom. The number of anilines is 1. The van der Waals surface area contributed by atoms with Crippen LogP contribution >= 0.6 is 0 Å². The highest BCUT2D eigenvalue weighted by Gasteiger charge is 2.21. The lowest BCUT2D eigenvalue weighted by atomic mass is 10.0. The van der Waals surface area contributed by atoms with Gasteiger partial charge in [0.2, 0.25) is 5.95 Å². The summed E-state index contributed by atoms with van der Waals surface area (Å²) in [6, 6.07) is 7.09. The molecule has 152 valence electrons. The van der Waals surface area contributed by atoms with Gasteiger partial charge in [-0.2, -0.15) is 8.78 Å². The predicted octanol–water partition coefficient (Wildman–Crippen LogP) is 4.38. The summed E-state index contributed by atoms with van der Waals surface area (Å²) in [4.78, 5) is 12.8. The van der Waals surface area contributed by atoms with Gasteiger partial charge in [0.1, 0.15) is 12.1 Å². The molecular formula is C20H20F3N5O. The fraction of sp³-hybridized carbons (Fsp3) is 0.350. The fourth-order valence-electron chi connectivity index (χ4n) is 3.34. The number of nitrogens with one attached hydrogen (secondary N) is 1. The molecule has 4 rings (SSSR count). The minimum Gasteiger partial charge on any atom is -0.381 e. The number of halogens is 3. The van der Waals surface area contributed by atoms with Crippen LogP contribution in [-0.4, -0.2) is 39.3 Å². The largest absolute Gasteiger partial charge is 0.381 e. The van der Waals surface area contributed by atoms with Gasteiger partial charge in [0.15, 0.2) is 0 Å². The molecule has 1 aliphatic rings. The van der Waals surface area contributed by atoms with Crippen molar-refractivity contribution in [2.24, 2.45) is 5.92 Å². The number of benzene rings is 1. The van der Waals surface area contributed by atoms with Gasteiger partial charge in [-0.15, -0.1) is 0 Å². The zero-order chi connectivity index (χ0) is 20.2. The third kappa shape index (κ3) is 4.40. The maximum atomic E-state index is 13.6. The smallest absolute Gasteiger partial charge is 0.320 e. The number of nitrogens with zero attached hydrogens (tertiary/aromatic N) is 4. The van der Waals surface area contributed by atoms with Crippen LogP contribution in [0.15, 0.2) is 42.9 Å². The lowest BCUT2D eigenvalue weighted by Crippen LogP contribution is -2.23. The number of aromatic nitrogens is 4. The molecule has 0 saturated carbocycles. The molecule has 0 radical (unpaired) electrons. The molecule has 1 aromatic carbocycles. The summed E-state index contributed by atoms with van der Waals surface area (Å²) < 4.78 is 46.6. The monoisotopic (exact) mass is 403 g/mol. The van der Waals surface area contributed by atoms with Gasteiger partial charge in [-0.25, -0.2) is 19.3 Å². The minimum atomic E-state index is -2.79. The van der Waals surface area contributed by atoms with E-state index < -0.39 is 12.4 Å². The second-order valence-electron chi connectivity index (χ2n) is 6.84. The molecule has 0 spiro atoms. The van der Waals surface area contributed by atoms with Crippen LogP contribution in [0.5, 0.6) is 0 Å². The molecule has 1 N–H and O–H groups in total. The van der Waals surface area contributed by atoms with Gasteiger partial charge in [-0.1, -0.05) is 0 Å². The van der Waals surface area contributed by atoms with E-state index in [1.807, 2.05) is 0 Å². The van der Waals surface area contributed by atoms with Crippen molar-refractivity contribution in [1.82, 2.24) is 19.5 Å². The summed E-state index contributed by atoms with van der Waals surface area (Å²) in [5, 5.41) is 3.19. The Morgan fingerprint density at radius 3 is 2.59 bits per heavy atom. The van der Waals surface area contributed by atoms with Crippen LogP contribution in [0.1, 0.15) is 19.4 Å². The zero-order valence-corrected chi connectivity index (χ0v) is 15.6. The Hall–Kier alpha value is -2.94. The SMILES string of the molecule is Fc1ccc(-c2ncn(C(F)F)c2-c2ccnc(NCC3CCOCC3)n2)cc1. The number of ether oxygens (including phenoxy) is 1. The van der Waals surface area contributed by atoms with Crippen molar-refractivity contribution in [2.75, 3.05) is 25.1 Å².